The highest BCUT2D eigenvalue weighted by Gasteiger charge is 2.65. The Labute approximate surface area is 59.7 Å². The number of methoxy groups -OCH3 is 1. The minimum atomic E-state index is -0.0827. The zero-order valence-electron chi connectivity index (χ0n) is 6.18. The third-order valence-electron chi connectivity index (χ3n) is 2.71. The number of hydrogen-bond donors (Lipinski definition) is 1. The molecule has 0 radical (unpaired) electrons. The molecule has 0 aromatic heterocycles. The maximum Gasteiger partial charge on any atom is 0.228 e. The molecule has 1 aliphatic carbocycles. The summed E-state index contributed by atoms with van der Waals surface area (Å²) >= 11 is 0. The molecule has 56 valence electrons. The topological polar surface area (TPSA) is 38.3 Å². The average molecular weight is 141 g/mol. The lowest BCUT2D eigenvalue weighted by Crippen LogP contribution is -2.32. The van der Waals surface area contributed by atoms with Gasteiger partial charge in [-0.1, -0.05) is 6.92 Å². The Morgan fingerprint density at radius 2 is 2.50 bits per heavy atom. The molecule has 3 heteroatoms. The lowest BCUT2D eigenvalue weighted by Gasteiger charge is -2.09. The monoisotopic (exact) mass is 141 g/mol. The van der Waals surface area contributed by atoms with Gasteiger partial charge in [0.05, 0.1) is 5.41 Å². The van der Waals surface area contributed by atoms with Gasteiger partial charge in [0, 0.05) is 13.0 Å². The van der Waals surface area contributed by atoms with Crippen LogP contribution in [-0.4, -0.2) is 19.2 Å². The molecule has 2 rings (SSSR count). The molecule has 0 bridgehead atoms. The first-order valence-corrected chi connectivity index (χ1v) is 3.52. The number of piperidine rings is 1. The molecule has 2 fully saturated rings. The summed E-state index contributed by atoms with van der Waals surface area (Å²) < 4.78 is 5.07. The maximum atomic E-state index is 11.1. The average Bonchev–Trinajstić information content (AvgIpc) is 2.52. The van der Waals surface area contributed by atoms with E-state index in [1.54, 1.807) is 7.11 Å². The zero-order chi connectivity index (χ0) is 7.35. The van der Waals surface area contributed by atoms with E-state index < -0.39 is 0 Å². The molecule has 1 heterocycles. The highest BCUT2D eigenvalue weighted by atomic mass is 16.5. The van der Waals surface area contributed by atoms with E-state index in [0.29, 0.717) is 5.92 Å². The van der Waals surface area contributed by atoms with E-state index in [1.807, 2.05) is 6.92 Å². The van der Waals surface area contributed by atoms with Crippen LogP contribution in [0.4, 0.5) is 0 Å². The third-order valence-corrected chi connectivity index (χ3v) is 2.71. The van der Waals surface area contributed by atoms with Gasteiger partial charge in [0.25, 0.3) is 0 Å². The van der Waals surface area contributed by atoms with Gasteiger partial charge in [-0.25, -0.2) is 0 Å². The molecular formula is C7H11NO2. The molecule has 3 atom stereocenters. The van der Waals surface area contributed by atoms with Crippen LogP contribution < -0.4 is 5.32 Å². The minimum absolute atomic E-state index is 0.0162. The largest absolute Gasteiger partial charge is 0.361 e. The van der Waals surface area contributed by atoms with Crippen molar-refractivity contribution < 1.29 is 9.53 Å². The molecule has 0 aromatic rings. The number of carbonyl (C=O) groups is 1. The van der Waals surface area contributed by atoms with Gasteiger partial charge in [0.15, 0.2) is 0 Å². The second-order valence-corrected chi connectivity index (χ2v) is 3.36. The van der Waals surface area contributed by atoms with Crippen molar-refractivity contribution in [3.05, 3.63) is 0 Å². The van der Waals surface area contributed by atoms with Gasteiger partial charge in [0.2, 0.25) is 5.91 Å². The van der Waals surface area contributed by atoms with Crippen LogP contribution in [-0.2, 0) is 9.53 Å². The van der Waals surface area contributed by atoms with Crippen molar-refractivity contribution in [1.29, 1.82) is 0 Å². The van der Waals surface area contributed by atoms with Crippen molar-refractivity contribution in [2.75, 3.05) is 7.11 Å². The lowest BCUT2D eigenvalue weighted by molar-refractivity contribution is -0.125. The van der Waals surface area contributed by atoms with E-state index in [9.17, 15) is 4.79 Å². The molecule has 2 aliphatic rings. The van der Waals surface area contributed by atoms with Crippen LogP contribution in [0.15, 0.2) is 0 Å². The number of fused-ring (bicyclic) bond motifs is 1. The van der Waals surface area contributed by atoms with Crippen LogP contribution in [0.5, 0.6) is 0 Å². The van der Waals surface area contributed by atoms with Gasteiger partial charge < -0.3 is 10.1 Å². The van der Waals surface area contributed by atoms with E-state index in [-0.39, 0.29) is 17.6 Å². The normalized spacial score (nSPS) is 50.4. The van der Waals surface area contributed by atoms with Crippen molar-refractivity contribution in [2.45, 2.75) is 19.6 Å². The van der Waals surface area contributed by atoms with Crippen LogP contribution in [0, 0.1) is 11.3 Å². The SMILES string of the molecule is CO[C@H]1NC(=O)[C@@]2(C)C[C@@H]12. The quantitative estimate of drug-likeness (QED) is 0.563. The van der Waals surface area contributed by atoms with Crippen molar-refractivity contribution in [2.24, 2.45) is 11.3 Å². The maximum absolute atomic E-state index is 11.1. The van der Waals surface area contributed by atoms with Crippen molar-refractivity contribution in [3.8, 4) is 0 Å². The van der Waals surface area contributed by atoms with E-state index in [0.717, 1.165) is 6.42 Å². The van der Waals surface area contributed by atoms with Gasteiger partial charge in [-0.2, -0.15) is 0 Å². The van der Waals surface area contributed by atoms with Crippen molar-refractivity contribution in [3.63, 3.8) is 0 Å². The molecule has 0 unspecified atom stereocenters. The van der Waals surface area contributed by atoms with Gasteiger partial charge in [0.1, 0.15) is 6.23 Å². The predicted octanol–water partition coefficient (Wildman–Crippen LogP) is 0.115. The van der Waals surface area contributed by atoms with Crippen LogP contribution >= 0.6 is 0 Å². The number of amides is 1. The molecule has 0 spiro atoms. The molecule has 3 nitrogen and oxygen atoms in total. The minimum Gasteiger partial charge on any atom is -0.361 e. The standard InChI is InChI=1S/C7H11NO2/c1-7-3-4(7)5(10-2)8-6(7)9/h4-5H,3H2,1-2H3,(H,8,9)/t4-,5+,7-/m0/s1. The van der Waals surface area contributed by atoms with Crippen LogP contribution in [0.3, 0.4) is 0 Å². The molecule has 1 amide bonds. The third kappa shape index (κ3) is 0.515. The summed E-state index contributed by atoms with van der Waals surface area (Å²) in [4.78, 5) is 11.1. The number of hydrogen-bond acceptors (Lipinski definition) is 2. The first-order chi connectivity index (χ1) is 4.68. The fourth-order valence-corrected chi connectivity index (χ4v) is 1.72. The van der Waals surface area contributed by atoms with E-state index >= 15 is 0 Å². The summed E-state index contributed by atoms with van der Waals surface area (Å²) in [5, 5.41) is 2.78. The van der Waals surface area contributed by atoms with Crippen molar-refractivity contribution >= 4 is 5.91 Å². The first kappa shape index (κ1) is 6.16. The van der Waals surface area contributed by atoms with Gasteiger partial charge in [-0.05, 0) is 6.42 Å². The summed E-state index contributed by atoms with van der Waals surface area (Å²) in [5.74, 6) is 0.592. The predicted molar refractivity (Wildman–Crippen MR) is 35.2 cm³/mol. The Balaban J connectivity index is 2.17. The molecule has 1 saturated heterocycles. The highest BCUT2D eigenvalue weighted by Crippen LogP contribution is 2.57. The van der Waals surface area contributed by atoms with Gasteiger partial charge in [-0.3, -0.25) is 4.79 Å². The Kier molecular flexibility index (Phi) is 0.944. The van der Waals surface area contributed by atoms with Crippen LogP contribution in [0.2, 0.25) is 0 Å². The summed E-state index contributed by atoms with van der Waals surface area (Å²) in [6.07, 6.45) is 0.981. The summed E-state index contributed by atoms with van der Waals surface area (Å²) in [5.41, 5.74) is -0.0827. The Bertz CT molecular complexity index is 192. The summed E-state index contributed by atoms with van der Waals surface area (Å²) in [6.45, 7) is 1.99. The molecule has 1 saturated carbocycles. The summed E-state index contributed by atoms with van der Waals surface area (Å²) in [7, 11) is 1.63. The number of carbonyl (C=O) groups excluding carboxylic acids is 1. The van der Waals surface area contributed by atoms with E-state index in [4.69, 9.17) is 4.74 Å². The second-order valence-electron chi connectivity index (χ2n) is 3.36. The molecule has 1 aliphatic heterocycles. The Hall–Kier alpha value is -0.570. The fourth-order valence-electron chi connectivity index (χ4n) is 1.72. The van der Waals surface area contributed by atoms with Gasteiger partial charge >= 0.3 is 0 Å². The lowest BCUT2D eigenvalue weighted by atomic mass is 10.1. The molecule has 1 N–H and O–H groups in total. The zero-order valence-corrected chi connectivity index (χ0v) is 6.18. The van der Waals surface area contributed by atoms with Gasteiger partial charge in [-0.15, -0.1) is 0 Å². The molecule has 0 aromatic carbocycles. The van der Waals surface area contributed by atoms with Crippen LogP contribution in [0.25, 0.3) is 0 Å². The van der Waals surface area contributed by atoms with Crippen LogP contribution in [0.1, 0.15) is 13.3 Å². The van der Waals surface area contributed by atoms with E-state index in [1.165, 1.54) is 0 Å². The van der Waals surface area contributed by atoms with E-state index in [2.05, 4.69) is 5.32 Å². The highest BCUT2D eigenvalue weighted by molar-refractivity contribution is 5.88. The second kappa shape index (κ2) is 1.53. The number of nitrogens with one attached hydrogen (secondary N) is 1. The first-order valence-electron chi connectivity index (χ1n) is 3.52. The molecule has 10 heavy (non-hydrogen) atoms. The smallest absolute Gasteiger partial charge is 0.228 e. The Morgan fingerprint density at radius 1 is 1.80 bits per heavy atom. The molecular weight excluding hydrogens is 130 g/mol. The number of ether oxygens (including phenoxy) is 1. The fraction of sp³-hybridized carbons (Fsp3) is 0.857. The summed E-state index contributed by atoms with van der Waals surface area (Å²) in [6, 6.07) is 0. The number of rotatable bonds is 1. The van der Waals surface area contributed by atoms with Crippen molar-refractivity contribution in [1.82, 2.24) is 5.32 Å². The Morgan fingerprint density at radius 3 is 2.70 bits per heavy atom.